The summed E-state index contributed by atoms with van der Waals surface area (Å²) in [4.78, 5) is 1.18. The molecule has 0 aromatic carbocycles. The third-order valence-electron chi connectivity index (χ3n) is 2.26. The first-order valence-corrected chi connectivity index (χ1v) is 4.70. The van der Waals surface area contributed by atoms with Gasteiger partial charge in [0.1, 0.15) is 0 Å². The van der Waals surface area contributed by atoms with Crippen LogP contribution in [0.5, 0.6) is 0 Å². The predicted molar refractivity (Wildman–Crippen MR) is 44.4 cm³/mol. The fraction of sp³-hybridized carbons (Fsp3) is 0.714. The fourth-order valence-corrected chi connectivity index (χ4v) is 1.95. The van der Waals surface area contributed by atoms with Crippen molar-refractivity contribution in [2.45, 2.75) is 31.7 Å². The van der Waals surface area contributed by atoms with Gasteiger partial charge in [-0.2, -0.15) is 0 Å². The van der Waals surface area contributed by atoms with Gasteiger partial charge >= 0.3 is 0 Å². The van der Waals surface area contributed by atoms with E-state index in [-0.39, 0.29) is 0 Å². The van der Waals surface area contributed by atoms with Crippen molar-refractivity contribution in [1.29, 1.82) is 0 Å². The average Bonchev–Trinajstić information content (AvgIpc) is 2.32. The molecular formula is C7H11N3S. The van der Waals surface area contributed by atoms with Gasteiger partial charge in [-0.3, -0.25) is 0 Å². The van der Waals surface area contributed by atoms with Crippen molar-refractivity contribution >= 4 is 11.5 Å². The number of hydrogen-bond acceptors (Lipinski definition) is 4. The third kappa shape index (κ3) is 1.16. The molecule has 2 N–H and O–H groups in total. The Morgan fingerprint density at radius 1 is 1.55 bits per heavy atom. The van der Waals surface area contributed by atoms with Crippen LogP contribution in [0.15, 0.2) is 0 Å². The zero-order valence-corrected chi connectivity index (χ0v) is 7.10. The maximum Gasteiger partial charge on any atom is 0.0831 e. The van der Waals surface area contributed by atoms with Gasteiger partial charge in [-0.05, 0) is 24.4 Å². The second-order valence-corrected chi connectivity index (χ2v) is 3.75. The SMILES string of the molecule is NCc1snnc1C1CCC1. The lowest BCUT2D eigenvalue weighted by atomic mass is 9.82. The molecule has 1 aliphatic rings. The highest BCUT2D eigenvalue weighted by Gasteiger charge is 2.24. The minimum atomic E-state index is 0.601. The van der Waals surface area contributed by atoms with Crippen LogP contribution in [-0.2, 0) is 6.54 Å². The monoisotopic (exact) mass is 169 g/mol. The Bertz CT molecular complexity index is 242. The number of nitrogens with zero attached hydrogens (tertiary/aromatic N) is 2. The molecule has 2 rings (SSSR count). The summed E-state index contributed by atoms with van der Waals surface area (Å²) in [7, 11) is 0. The number of rotatable bonds is 2. The van der Waals surface area contributed by atoms with E-state index in [0.29, 0.717) is 12.5 Å². The summed E-state index contributed by atoms with van der Waals surface area (Å²) in [6.45, 7) is 0.601. The molecule has 0 radical (unpaired) electrons. The van der Waals surface area contributed by atoms with Gasteiger partial charge in [-0.15, -0.1) is 5.10 Å². The van der Waals surface area contributed by atoms with Crippen molar-refractivity contribution < 1.29 is 0 Å². The summed E-state index contributed by atoms with van der Waals surface area (Å²) >= 11 is 1.44. The summed E-state index contributed by atoms with van der Waals surface area (Å²) in [5.41, 5.74) is 6.71. The molecule has 0 unspecified atom stereocenters. The minimum absolute atomic E-state index is 0.601. The van der Waals surface area contributed by atoms with Crippen LogP contribution in [0, 0.1) is 0 Å². The normalized spacial score (nSPS) is 18.3. The van der Waals surface area contributed by atoms with Gasteiger partial charge in [-0.1, -0.05) is 10.9 Å². The molecule has 1 heterocycles. The Morgan fingerprint density at radius 3 is 2.91 bits per heavy atom. The topological polar surface area (TPSA) is 51.8 Å². The van der Waals surface area contributed by atoms with Gasteiger partial charge in [0.15, 0.2) is 0 Å². The molecule has 0 atom stereocenters. The lowest BCUT2D eigenvalue weighted by molar-refractivity contribution is 0.408. The smallest absolute Gasteiger partial charge is 0.0831 e. The molecule has 0 spiro atoms. The van der Waals surface area contributed by atoms with Crippen LogP contribution in [0.3, 0.4) is 0 Å². The predicted octanol–water partition coefficient (Wildman–Crippen LogP) is 1.26. The lowest BCUT2D eigenvalue weighted by Crippen LogP contribution is -2.12. The Kier molecular flexibility index (Phi) is 1.87. The largest absolute Gasteiger partial charge is 0.326 e. The van der Waals surface area contributed by atoms with E-state index >= 15 is 0 Å². The van der Waals surface area contributed by atoms with E-state index in [0.717, 1.165) is 0 Å². The molecule has 60 valence electrons. The first-order chi connectivity index (χ1) is 5.42. The molecule has 4 heteroatoms. The van der Waals surface area contributed by atoms with Crippen LogP contribution in [0.4, 0.5) is 0 Å². The van der Waals surface area contributed by atoms with E-state index in [1.807, 2.05) is 0 Å². The molecule has 11 heavy (non-hydrogen) atoms. The van der Waals surface area contributed by atoms with Gasteiger partial charge < -0.3 is 5.73 Å². The van der Waals surface area contributed by atoms with Gasteiger partial charge in [0.2, 0.25) is 0 Å². The van der Waals surface area contributed by atoms with E-state index < -0.39 is 0 Å². The Morgan fingerprint density at radius 2 is 2.36 bits per heavy atom. The van der Waals surface area contributed by atoms with E-state index in [4.69, 9.17) is 5.73 Å². The molecule has 1 aromatic rings. The standard InChI is InChI=1S/C7H11N3S/c8-4-6-7(9-10-11-6)5-2-1-3-5/h5H,1-4,8H2. The average molecular weight is 169 g/mol. The second kappa shape index (κ2) is 2.87. The first kappa shape index (κ1) is 7.18. The van der Waals surface area contributed by atoms with Crippen molar-refractivity contribution in [3.05, 3.63) is 10.6 Å². The summed E-state index contributed by atoms with van der Waals surface area (Å²) in [5, 5.41) is 4.10. The summed E-state index contributed by atoms with van der Waals surface area (Å²) in [6.07, 6.45) is 3.89. The fourth-order valence-electron chi connectivity index (χ4n) is 1.35. The van der Waals surface area contributed by atoms with Crippen molar-refractivity contribution in [2.24, 2.45) is 5.73 Å². The van der Waals surface area contributed by atoms with Crippen LogP contribution in [0.25, 0.3) is 0 Å². The van der Waals surface area contributed by atoms with Crippen LogP contribution < -0.4 is 5.73 Å². The van der Waals surface area contributed by atoms with Crippen molar-refractivity contribution in [3.8, 4) is 0 Å². The number of aromatic nitrogens is 2. The minimum Gasteiger partial charge on any atom is -0.326 e. The number of nitrogens with two attached hydrogens (primary N) is 1. The van der Waals surface area contributed by atoms with E-state index in [1.54, 1.807) is 0 Å². The molecule has 1 saturated carbocycles. The summed E-state index contributed by atoms with van der Waals surface area (Å²) in [5.74, 6) is 0.673. The molecular weight excluding hydrogens is 158 g/mol. The highest BCUT2D eigenvalue weighted by atomic mass is 32.1. The molecule has 1 aliphatic carbocycles. The van der Waals surface area contributed by atoms with E-state index in [9.17, 15) is 0 Å². The Hall–Kier alpha value is -0.480. The van der Waals surface area contributed by atoms with Gasteiger partial charge in [-0.25, -0.2) is 0 Å². The Balaban J connectivity index is 2.20. The lowest BCUT2D eigenvalue weighted by Gasteiger charge is -2.23. The summed E-state index contributed by atoms with van der Waals surface area (Å²) < 4.78 is 3.91. The Labute approximate surface area is 69.8 Å². The maximum absolute atomic E-state index is 5.54. The van der Waals surface area contributed by atoms with E-state index in [2.05, 4.69) is 9.59 Å². The van der Waals surface area contributed by atoms with Crippen LogP contribution in [-0.4, -0.2) is 9.59 Å². The van der Waals surface area contributed by atoms with Crippen molar-refractivity contribution in [1.82, 2.24) is 9.59 Å². The van der Waals surface area contributed by atoms with Crippen LogP contribution in [0.1, 0.15) is 35.8 Å². The zero-order valence-electron chi connectivity index (χ0n) is 6.29. The molecule has 0 aliphatic heterocycles. The molecule has 1 aromatic heterocycles. The highest BCUT2D eigenvalue weighted by molar-refractivity contribution is 7.05. The van der Waals surface area contributed by atoms with E-state index in [1.165, 1.54) is 41.4 Å². The molecule has 0 bridgehead atoms. The maximum atomic E-state index is 5.54. The zero-order chi connectivity index (χ0) is 7.68. The third-order valence-corrected chi connectivity index (χ3v) is 3.02. The molecule has 0 saturated heterocycles. The van der Waals surface area contributed by atoms with Gasteiger partial charge in [0.25, 0.3) is 0 Å². The van der Waals surface area contributed by atoms with Gasteiger partial charge in [0, 0.05) is 12.5 Å². The highest BCUT2D eigenvalue weighted by Crippen LogP contribution is 2.37. The second-order valence-electron chi connectivity index (χ2n) is 2.91. The summed E-state index contributed by atoms with van der Waals surface area (Å²) in [6, 6.07) is 0. The van der Waals surface area contributed by atoms with Crippen LogP contribution in [0.2, 0.25) is 0 Å². The van der Waals surface area contributed by atoms with Crippen molar-refractivity contribution in [2.75, 3.05) is 0 Å². The molecule has 0 amide bonds. The number of hydrogen-bond donors (Lipinski definition) is 1. The van der Waals surface area contributed by atoms with Gasteiger partial charge in [0.05, 0.1) is 10.6 Å². The molecule has 1 fully saturated rings. The molecule has 3 nitrogen and oxygen atoms in total. The first-order valence-electron chi connectivity index (χ1n) is 3.93. The van der Waals surface area contributed by atoms with Crippen molar-refractivity contribution in [3.63, 3.8) is 0 Å². The van der Waals surface area contributed by atoms with Crippen LogP contribution >= 0.6 is 11.5 Å². The quantitative estimate of drug-likeness (QED) is 0.725.